The summed E-state index contributed by atoms with van der Waals surface area (Å²) in [7, 11) is 0. The molecule has 0 spiro atoms. The minimum absolute atomic E-state index is 0.0768. The van der Waals surface area contributed by atoms with Crippen molar-refractivity contribution < 1.29 is 23.1 Å². The summed E-state index contributed by atoms with van der Waals surface area (Å²) in [6, 6.07) is 0. The maximum atomic E-state index is 13.1. The van der Waals surface area contributed by atoms with E-state index in [0.29, 0.717) is 19.3 Å². The molecular weight excluding hydrogens is 259 g/mol. The van der Waals surface area contributed by atoms with Gasteiger partial charge in [-0.3, -0.25) is 4.79 Å². The minimum Gasteiger partial charge on any atom is -0.481 e. The SMILES string of the molecule is NCC1(CC(=O)O)C2CCC3CC1C2C3C(F)(F)F. The lowest BCUT2D eigenvalue weighted by Crippen LogP contribution is -2.62. The number of carbonyl (C=O) groups is 1. The van der Waals surface area contributed by atoms with Crippen molar-refractivity contribution in [2.45, 2.75) is 31.9 Å². The molecular formula is C13H18F3NO2. The third-order valence-corrected chi connectivity index (χ3v) is 5.97. The second-order valence-corrected chi connectivity index (χ2v) is 6.44. The first-order valence-corrected chi connectivity index (χ1v) is 6.80. The van der Waals surface area contributed by atoms with Gasteiger partial charge < -0.3 is 10.8 Å². The molecule has 3 nitrogen and oxygen atoms in total. The van der Waals surface area contributed by atoms with E-state index in [1.807, 2.05) is 0 Å². The summed E-state index contributed by atoms with van der Waals surface area (Å²) in [5.74, 6) is -3.13. The maximum absolute atomic E-state index is 13.1. The van der Waals surface area contributed by atoms with Gasteiger partial charge in [-0.1, -0.05) is 0 Å². The van der Waals surface area contributed by atoms with Crippen molar-refractivity contribution in [2.75, 3.05) is 6.54 Å². The number of alkyl halides is 3. The number of nitrogens with two attached hydrogens (primary N) is 1. The highest BCUT2D eigenvalue weighted by molar-refractivity contribution is 5.68. The normalized spacial score (nSPS) is 47.9. The number of hydrogen-bond donors (Lipinski definition) is 2. The standard InChI is InChI=1S/C13H18F3NO2/c14-13(15,16)11-6-1-2-7-10(11)8(3-6)12(7,5-17)4-9(18)19/h6-8,10-11H,1-5,17H2,(H,18,19). The van der Waals surface area contributed by atoms with Crippen LogP contribution in [-0.2, 0) is 4.79 Å². The molecule has 0 amide bonds. The van der Waals surface area contributed by atoms with E-state index in [0.717, 1.165) is 0 Å². The van der Waals surface area contributed by atoms with Crippen LogP contribution >= 0.6 is 0 Å². The third-order valence-electron chi connectivity index (χ3n) is 5.97. The van der Waals surface area contributed by atoms with Gasteiger partial charge in [0.2, 0.25) is 0 Å². The lowest BCUT2D eigenvalue weighted by molar-refractivity contribution is -0.243. The number of rotatable bonds is 3. The fourth-order valence-electron chi connectivity index (χ4n) is 5.46. The zero-order chi connectivity index (χ0) is 14.0. The fraction of sp³-hybridized carbons (Fsp3) is 0.923. The largest absolute Gasteiger partial charge is 0.481 e. The first-order chi connectivity index (χ1) is 8.81. The molecule has 3 N–H and O–H groups in total. The van der Waals surface area contributed by atoms with E-state index < -0.39 is 23.5 Å². The van der Waals surface area contributed by atoms with E-state index >= 15 is 0 Å². The lowest BCUT2D eigenvalue weighted by Gasteiger charge is -2.61. The van der Waals surface area contributed by atoms with Crippen LogP contribution in [0.15, 0.2) is 0 Å². The molecule has 0 heterocycles. The molecule has 0 radical (unpaired) electrons. The van der Waals surface area contributed by atoms with Crippen molar-refractivity contribution in [1.29, 1.82) is 0 Å². The molecule has 6 unspecified atom stereocenters. The van der Waals surface area contributed by atoms with Crippen LogP contribution in [0.4, 0.5) is 13.2 Å². The molecule has 0 aromatic heterocycles. The van der Waals surface area contributed by atoms with Crippen LogP contribution in [0.5, 0.6) is 0 Å². The molecule has 0 aromatic carbocycles. The topological polar surface area (TPSA) is 63.3 Å². The second-order valence-electron chi connectivity index (χ2n) is 6.44. The number of fused-ring (bicyclic) bond motifs is 1. The van der Waals surface area contributed by atoms with Gasteiger partial charge in [0.25, 0.3) is 0 Å². The molecule has 6 atom stereocenters. The summed E-state index contributed by atoms with van der Waals surface area (Å²) in [4.78, 5) is 11.0. The highest BCUT2D eigenvalue weighted by Gasteiger charge is 2.73. The van der Waals surface area contributed by atoms with Gasteiger partial charge in [-0.15, -0.1) is 0 Å². The quantitative estimate of drug-likeness (QED) is 0.831. The first-order valence-electron chi connectivity index (χ1n) is 6.80. The molecule has 3 aliphatic carbocycles. The molecule has 3 aliphatic rings. The van der Waals surface area contributed by atoms with E-state index in [4.69, 9.17) is 10.8 Å². The summed E-state index contributed by atoms with van der Waals surface area (Å²) in [6.07, 6.45) is -2.43. The van der Waals surface area contributed by atoms with Gasteiger partial charge in [-0.25, -0.2) is 0 Å². The van der Waals surface area contributed by atoms with Gasteiger partial charge in [-0.2, -0.15) is 13.2 Å². The van der Waals surface area contributed by atoms with E-state index in [1.54, 1.807) is 0 Å². The Morgan fingerprint density at radius 2 is 2.00 bits per heavy atom. The van der Waals surface area contributed by atoms with Crippen molar-refractivity contribution in [3.05, 3.63) is 0 Å². The highest BCUT2D eigenvalue weighted by atomic mass is 19.4. The maximum Gasteiger partial charge on any atom is 0.392 e. The minimum atomic E-state index is -4.15. The summed E-state index contributed by atoms with van der Waals surface area (Å²) < 4.78 is 39.4. The van der Waals surface area contributed by atoms with E-state index in [-0.39, 0.29) is 36.6 Å². The van der Waals surface area contributed by atoms with E-state index in [2.05, 4.69) is 0 Å². The fourth-order valence-corrected chi connectivity index (χ4v) is 5.46. The van der Waals surface area contributed by atoms with Gasteiger partial charge in [0, 0.05) is 0 Å². The Morgan fingerprint density at radius 1 is 1.32 bits per heavy atom. The smallest absolute Gasteiger partial charge is 0.392 e. The molecule has 0 aromatic rings. The zero-order valence-electron chi connectivity index (χ0n) is 10.5. The Kier molecular flexibility index (Phi) is 2.69. The predicted octanol–water partition coefficient (Wildman–Crippen LogP) is 2.26. The van der Waals surface area contributed by atoms with Crippen LogP contribution in [0, 0.1) is 35.0 Å². The van der Waals surface area contributed by atoms with E-state index in [1.165, 1.54) is 0 Å². The average Bonchev–Trinajstić information content (AvgIpc) is 2.43. The molecule has 3 rings (SSSR count). The summed E-state index contributed by atoms with van der Waals surface area (Å²) >= 11 is 0. The van der Waals surface area contributed by atoms with Crippen molar-refractivity contribution >= 4 is 5.97 Å². The monoisotopic (exact) mass is 277 g/mol. The molecule has 0 aliphatic heterocycles. The lowest BCUT2D eigenvalue weighted by atomic mass is 9.43. The number of carboxylic acid groups (broad SMARTS) is 1. The number of aliphatic carboxylic acids is 1. The summed E-state index contributed by atoms with van der Waals surface area (Å²) in [5, 5.41) is 9.04. The summed E-state index contributed by atoms with van der Waals surface area (Å²) in [5.41, 5.74) is 5.19. The van der Waals surface area contributed by atoms with Crippen LogP contribution in [0.3, 0.4) is 0 Å². The Balaban J connectivity index is 1.91. The molecule has 2 bridgehead atoms. The van der Waals surface area contributed by atoms with Gasteiger partial charge in [0.1, 0.15) is 0 Å². The molecule has 3 saturated carbocycles. The van der Waals surface area contributed by atoms with Crippen LogP contribution in [-0.4, -0.2) is 23.8 Å². The molecule has 6 heteroatoms. The van der Waals surface area contributed by atoms with Crippen LogP contribution in [0.2, 0.25) is 0 Å². The Labute approximate surface area is 109 Å². The van der Waals surface area contributed by atoms with Crippen LogP contribution in [0.1, 0.15) is 25.7 Å². The van der Waals surface area contributed by atoms with Crippen molar-refractivity contribution in [2.24, 2.45) is 40.7 Å². The van der Waals surface area contributed by atoms with Gasteiger partial charge >= 0.3 is 12.1 Å². The van der Waals surface area contributed by atoms with Crippen LogP contribution < -0.4 is 5.73 Å². The van der Waals surface area contributed by atoms with E-state index in [9.17, 15) is 18.0 Å². The summed E-state index contributed by atoms with van der Waals surface area (Å²) in [6.45, 7) is 0.197. The number of hydrogen-bond acceptors (Lipinski definition) is 2. The van der Waals surface area contributed by atoms with Gasteiger partial charge in [0.15, 0.2) is 0 Å². The van der Waals surface area contributed by atoms with Gasteiger partial charge in [0.05, 0.1) is 12.3 Å². The highest BCUT2D eigenvalue weighted by Crippen LogP contribution is 2.74. The number of halogens is 3. The second kappa shape index (κ2) is 3.87. The van der Waals surface area contributed by atoms with Crippen LogP contribution in [0.25, 0.3) is 0 Å². The zero-order valence-corrected chi connectivity index (χ0v) is 10.5. The van der Waals surface area contributed by atoms with Crippen molar-refractivity contribution in [3.63, 3.8) is 0 Å². The Bertz CT molecular complexity index is 403. The molecule has 3 fully saturated rings. The third kappa shape index (κ3) is 1.58. The Hall–Kier alpha value is -0.780. The molecule has 108 valence electrons. The number of carboxylic acids is 1. The predicted molar refractivity (Wildman–Crippen MR) is 61.1 cm³/mol. The van der Waals surface area contributed by atoms with Crippen molar-refractivity contribution in [1.82, 2.24) is 0 Å². The first kappa shape index (κ1) is 13.2. The van der Waals surface area contributed by atoms with Crippen molar-refractivity contribution in [3.8, 4) is 0 Å². The molecule has 19 heavy (non-hydrogen) atoms. The Morgan fingerprint density at radius 3 is 2.53 bits per heavy atom. The molecule has 0 saturated heterocycles. The average molecular weight is 277 g/mol. The van der Waals surface area contributed by atoms with Gasteiger partial charge in [-0.05, 0) is 54.9 Å².